The molecular formula is C19H23NO4. The molecule has 5 heteroatoms. The molecule has 0 aliphatic carbocycles. The van der Waals surface area contributed by atoms with Crippen molar-refractivity contribution in [2.24, 2.45) is 0 Å². The summed E-state index contributed by atoms with van der Waals surface area (Å²) >= 11 is 0. The van der Waals surface area contributed by atoms with Crippen LogP contribution in [0.15, 0.2) is 42.5 Å². The summed E-state index contributed by atoms with van der Waals surface area (Å²) in [6, 6.07) is 13.0. The highest BCUT2D eigenvalue weighted by atomic mass is 16.5. The molecule has 128 valence electrons. The molecule has 0 spiro atoms. The van der Waals surface area contributed by atoms with E-state index in [9.17, 15) is 9.90 Å². The minimum absolute atomic E-state index is 0.0166. The molecule has 0 aliphatic rings. The van der Waals surface area contributed by atoms with Gasteiger partial charge in [0.25, 0.3) is 5.91 Å². The van der Waals surface area contributed by atoms with Gasteiger partial charge >= 0.3 is 0 Å². The lowest BCUT2D eigenvalue weighted by Crippen LogP contribution is -2.26. The number of benzene rings is 2. The fraction of sp³-hybridized carbons (Fsp3) is 0.316. The highest BCUT2D eigenvalue weighted by Gasteiger charge is 2.12. The summed E-state index contributed by atoms with van der Waals surface area (Å²) in [7, 11) is 3.21. The Morgan fingerprint density at radius 2 is 1.79 bits per heavy atom. The van der Waals surface area contributed by atoms with Crippen LogP contribution in [0.5, 0.6) is 11.5 Å². The normalized spacial score (nSPS) is 10.3. The largest absolute Gasteiger partial charge is 0.497 e. The van der Waals surface area contributed by atoms with Gasteiger partial charge in [-0.1, -0.05) is 12.1 Å². The van der Waals surface area contributed by atoms with Gasteiger partial charge in [-0.3, -0.25) is 4.79 Å². The smallest absolute Gasteiger partial charge is 0.251 e. The van der Waals surface area contributed by atoms with E-state index in [1.165, 1.54) is 0 Å². The second-order valence-corrected chi connectivity index (χ2v) is 5.35. The van der Waals surface area contributed by atoms with Crippen LogP contribution in [-0.4, -0.2) is 38.4 Å². The molecule has 0 aromatic heterocycles. The number of carbonyl (C=O) groups is 1. The molecule has 2 rings (SSSR count). The highest BCUT2D eigenvalue weighted by Crippen LogP contribution is 2.18. The maximum Gasteiger partial charge on any atom is 0.251 e. The number of amides is 1. The lowest BCUT2D eigenvalue weighted by molar-refractivity contribution is 0.0953. The number of aliphatic hydroxyl groups is 1. The van der Waals surface area contributed by atoms with Crippen molar-refractivity contribution in [2.75, 3.05) is 27.4 Å². The van der Waals surface area contributed by atoms with Crippen LogP contribution < -0.4 is 14.8 Å². The summed E-state index contributed by atoms with van der Waals surface area (Å²) in [6.07, 6.45) is 1.13. The number of ether oxygens (including phenoxy) is 2. The number of nitrogens with one attached hydrogen (secondary N) is 1. The van der Waals surface area contributed by atoms with Gasteiger partial charge in [0, 0.05) is 18.7 Å². The van der Waals surface area contributed by atoms with Crippen molar-refractivity contribution >= 4 is 5.91 Å². The van der Waals surface area contributed by atoms with Crippen molar-refractivity contribution in [1.82, 2.24) is 5.32 Å². The SMILES string of the molecule is COc1cccc(CCNC(=O)c2ccc(OC)cc2CCO)c1. The number of aliphatic hydroxyl groups excluding tert-OH is 1. The molecule has 0 aliphatic heterocycles. The van der Waals surface area contributed by atoms with Gasteiger partial charge in [0.2, 0.25) is 0 Å². The summed E-state index contributed by atoms with van der Waals surface area (Å²) in [4.78, 5) is 12.4. The van der Waals surface area contributed by atoms with Crippen molar-refractivity contribution in [3.63, 3.8) is 0 Å². The Kier molecular flexibility index (Phi) is 6.63. The average Bonchev–Trinajstić information content (AvgIpc) is 2.62. The quantitative estimate of drug-likeness (QED) is 0.779. The van der Waals surface area contributed by atoms with Crippen molar-refractivity contribution in [1.29, 1.82) is 0 Å². The van der Waals surface area contributed by atoms with Crippen LogP contribution >= 0.6 is 0 Å². The molecule has 0 radical (unpaired) electrons. The lowest BCUT2D eigenvalue weighted by atomic mass is 10.0. The first-order chi connectivity index (χ1) is 11.7. The van der Waals surface area contributed by atoms with Crippen LogP contribution in [0.3, 0.4) is 0 Å². The highest BCUT2D eigenvalue weighted by molar-refractivity contribution is 5.95. The third-order valence-corrected chi connectivity index (χ3v) is 3.77. The predicted molar refractivity (Wildman–Crippen MR) is 92.8 cm³/mol. The summed E-state index contributed by atoms with van der Waals surface area (Å²) in [5.41, 5.74) is 2.44. The van der Waals surface area contributed by atoms with E-state index in [1.807, 2.05) is 24.3 Å². The van der Waals surface area contributed by atoms with Crippen LogP contribution in [0, 0.1) is 0 Å². The molecule has 0 atom stereocenters. The molecule has 0 bridgehead atoms. The maximum atomic E-state index is 12.4. The van der Waals surface area contributed by atoms with E-state index < -0.39 is 0 Å². The molecule has 0 unspecified atom stereocenters. The monoisotopic (exact) mass is 329 g/mol. The zero-order valence-corrected chi connectivity index (χ0v) is 14.0. The molecule has 0 saturated heterocycles. The molecule has 0 heterocycles. The van der Waals surface area contributed by atoms with E-state index >= 15 is 0 Å². The van der Waals surface area contributed by atoms with E-state index in [-0.39, 0.29) is 12.5 Å². The maximum absolute atomic E-state index is 12.4. The van der Waals surface area contributed by atoms with Gasteiger partial charge in [-0.15, -0.1) is 0 Å². The first kappa shape index (κ1) is 17.8. The van der Waals surface area contributed by atoms with Crippen molar-refractivity contribution in [3.8, 4) is 11.5 Å². The van der Waals surface area contributed by atoms with Gasteiger partial charge < -0.3 is 19.9 Å². The van der Waals surface area contributed by atoms with Gasteiger partial charge in [0.15, 0.2) is 0 Å². The first-order valence-electron chi connectivity index (χ1n) is 7.87. The number of hydrogen-bond acceptors (Lipinski definition) is 4. The zero-order valence-electron chi connectivity index (χ0n) is 14.0. The molecule has 2 N–H and O–H groups in total. The number of methoxy groups -OCH3 is 2. The fourth-order valence-corrected chi connectivity index (χ4v) is 2.49. The van der Waals surface area contributed by atoms with E-state index in [0.717, 1.165) is 16.9 Å². The topological polar surface area (TPSA) is 67.8 Å². The van der Waals surface area contributed by atoms with Crippen molar-refractivity contribution < 1.29 is 19.4 Å². The van der Waals surface area contributed by atoms with Gasteiger partial charge in [0.1, 0.15) is 11.5 Å². The summed E-state index contributed by atoms with van der Waals surface area (Å²) in [5, 5.41) is 12.1. The number of carbonyl (C=O) groups excluding carboxylic acids is 1. The molecule has 2 aromatic carbocycles. The minimum Gasteiger partial charge on any atom is -0.497 e. The second kappa shape index (κ2) is 8.93. The molecule has 0 saturated carbocycles. The van der Waals surface area contributed by atoms with Crippen LogP contribution in [0.25, 0.3) is 0 Å². The summed E-state index contributed by atoms with van der Waals surface area (Å²) < 4.78 is 10.4. The molecule has 0 fully saturated rings. The summed E-state index contributed by atoms with van der Waals surface area (Å²) in [5.74, 6) is 1.33. The van der Waals surface area contributed by atoms with Gasteiger partial charge in [-0.05, 0) is 54.3 Å². The van der Waals surface area contributed by atoms with Crippen LogP contribution in [0.2, 0.25) is 0 Å². The van der Waals surface area contributed by atoms with Crippen molar-refractivity contribution in [2.45, 2.75) is 12.8 Å². The summed E-state index contributed by atoms with van der Waals surface area (Å²) in [6.45, 7) is 0.508. The first-order valence-corrected chi connectivity index (χ1v) is 7.87. The van der Waals surface area contributed by atoms with Crippen LogP contribution in [0.4, 0.5) is 0 Å². The Morgan fingerprint density at radius 3 is 2.50 bits per heavy atom. The van der Waals surface area contributed by atoms with Gasteiger partial charge in [0.05, 0.1) is 14.2 Å². The van der Waals surface area contributed by atoms with Crippen LogP contribution in [0.1, 0.15) is 21.5 Å². The molecular weight excluding hydrogens is 306 g/mol. The van der Waals surface area contributed by atoms with Crippen molar-refractivity contribution in [3.05, 3.63) is 59.2 Å². The van der Waals surface area contributed by atoms with Gasteiger partial charge in [-0.2, -0.15) is 0 Å². The van der Waals surface area contributed by atoms with Gasteiger partial charge in [-0.25, -0.2) is 0 Å². The molecule has 2 aromatic rings. The van der Waals surface area contributed by atoms with E-state index in [2.05, 4.69) is 5.32 Å². The van der Waals surface area contributed by atoms with Crippen LogP contribution in [-0.2, 0) is 12.8 Å². The standard InChI is InChI=1S/C19H23NO4/c1-23-16-5-3-4-14(12-16)8-10-20-19(22)18-7-6-17(24-2)13-15(18)9-11-21/h3-7,12-13,21H,8-11H2,1-2H3,(H,20,22). The zero-order chi connectivity index (χ0) is 17.4. The third-order valence-electron chi connectivity index (χ3n) is 3.77. The Balaban J connectivity index is 1.99. The van der Waals surface area contributed by atoms with E-state index in [0.29, 0.717) is 30.7 Å². The third kappa shape index (κ3) is 4.73. The Bertz CT molecular complexity index is 685. The Hall–Kier alpha value is -2.53. The van der Waals surface area contributed by atoms with E-state index in [1.54, 1.807) is 32.4 Å². The fourth-order valence-electron chi connectivity index (χ4n) is 2.49. The molecule has 24 heavy (non-hydrogen) atoms. The predicted octanol–water partition coefficient (Wildman–Crippen LogP) is 2.21. The lowest BCUT2D eigenvalue weighted by Gasteiger charge is -2.11. The Labute approximate surface area is 142 Å². The average molecular weight is 329 g/mol. The molecule has 1 amide bonds. The number of rotatable bonds is 8. The minimum atomic E-state index is -0.149. The Morgan fingerprint density at radius 1 is 1.04 bits per heavy atom. The number of hydrogen-bond donors (Lipinski definition) is 2. The second-order valence-electron chi connectivity index (χ2n) is 5.35. The van der Waals surface area contributed by atoms with E-state index in [4.69, 9.17) is 9.47 Å². The molecule has 5 nitrogen and oxygen atoms in total.